The predicted molar refractivity (Wildman–Crippen MR) is 128 cm³/mol. The van der Waals surface area contributed by atoms with Gasteiger partial charge in [-0.15, -0.1) is 10.2 Å². The van der Waals surface area contributed by atoms with Crippen LogP contribution in [-0.4, -0.2) is 56.5 Å². The highest BCUT2D eigenvalue weighted by Crippen LogP contribution is 2.29. The van der Waals surface area contributed by atoms with Gasteiger partial charge in [-0.25, -0.2) is 0 Å². The van der Waals surface area contributed by atoms with Crippen molar-refractivity contribution in [1.29, 1.82) is 0 Å². The van der Waals surface area contributed by atoms with Gasteiger partial charge < -0.3 is 9.64 Å². The molecule has 2 aromatic heterocycles. The quantitative estimate of drug-likeness (QED) is 0.419. The summed E-state index contributed by atoms with van der Waals surface area (Å²) in [4.78, 5) is 19.1. The number of amides is 1. The number of rotatable bonds is 10. The van der Waals surface area contributed by atoms with E-state index in [-0.39, 0.29) is 5.91 Å². The monoisotopic (exact) mass is 453 g/mol. The maximum absolute atomic E-state index is 13.0. The maximum atomic E-state index is 13.0. The highest BCUT2D eigenvalue weighted by atomic mass is 32.2. The molecule has 0 atom stereocenters. The Morgan fingerprint density at radius 3 is 2.19 bits per heavy atom. The first-order valence-electron chi connectivity index (χ1n) is 10.8. The van der Waals surface area contributed by atoms with E-state index in [9.17, 15) is 4.79 Å². The Morgan fingerprint density at radius 1 is 1.00 bits per heavy atom. The summed E-state index contributed by atoms with van der Waals surface area (Å²) in [5, 5.41) is 9.52. The van der Waals surface area contributed by atoms with Crippen molar-refractivity contribution in [2.24, 2.45) is 11.8 Å². The minimum Gasteiger partial charge on any atom is -0.497 e. The van der Waals surface area contributed by atoms with Crippen LogP contribution in [0.3, 0.4) is 0 Å². The van der Waals surface area contributed by atoms with Crippen LogP contribution in [0.25, 0.3) is 17.1 Å². The fourth-order valence-electron chi connectivity index (χ4n) is 3.39. The van der Waals surface area contributed by atoms with Crippen LogP contribution in [0.2, 0.25) is 0 Å². The first-order valence-corrected chi connectivity index (χ1v) is 11.8. The standard InChI is InChI=1S/C24H31N5O2S/c1-17(2)14-28(15-18(3)4)22(30)16-32-24-27-26-23(19-10-12-25-13-11-19)29(24)20-6-8-21(31-5)9-7-20/h6-13,17-18H,14-16H2,1-5H3. The van der Waals surface area contributed by atoms with Crippen molar-refractivity contribution in [3.63, 3.8) is 0 Å². The van der Waals surface area contributed by atoms with E-state index in [1.165, 1.54) is 11.8 Å². The molecule has 0 bridgehead atoms. The Balaban J connectivity index is 1.89. The number of carbonyl (C=O) groups is 1. The molecule has 1 amide bonds. The third-order valence-corrected chi connectivity index (χ3v) is 5.66. The van der Waals surface area contributed by atoms with Crippen molar-refractivity contribution in [2.45, 2.75) is 32.9 Å². The van der Waals surface area contributed by atoms with E-state index >= 15 is 0 Å². The lowest BCUT2D eigenvalue weighted by atomic mass is 10.1. The minimum absolute atomic E-state index is 0.118. The average Bonchev–Trinajstić information content (AvgIpc) is 3.21. The van der Waals surface area contributed by atoms with Crippen molar-refractivity contribution in [3.8, 4) is 22.8 Å². The van der Waals surface area contributed by atoms with Crippen molar-refractivity contribution in [2.75, 3.05) is 26.0 Å². The molecule has 32 heavy (non-hydrogen) atoms. The molecule has 0 radical (unpaired) electrons. The smallest absolute Gasteiger partial charge is 0.233 e. The zero-order valence-electron chi connectivity index (χ0n) is 19.4. The number of methoxy groups -OCH3 is 1. The Bertz CT molecular complexity index is 993. The van der Waals surface area contributed by atoms with Gasteiger partial charge in [0.2, 0.25) is 5.91 Å². The Kier molecular flexibility index (Phi) is 8.27. The largest absolute Gasteiger partial charge is 0.497 e. The first-order chi connectivity index (χ1) is 15.4. The fourth-order valence-corrected chi connectivity index (χ4v) is 4.25. The van der Waals surface area contributed by atoms with Gasteiger partial charge >= 0.3 is 0 Å². The summed E-state index contributed by atoms with van der Waals surface area (Å²) in [6.45, 7) is 10.0. The number of thioether (sulfide) groups is 1. The average molecular weight is 454 g/mol. The van der Waals surface area contributed by atoms with Gasteiger partial charge in [0.25, 0.3) is 0 Å². The minimum atomic E-state index is 0.118. The third kappa shape index (κ3) is 6.09. The van der Waals surface area contributed by atoms with Gasteiger partial charge in [-0.05, 0) is 48.2 Å². The Morgan fingerprint density at radius 2 is 1.62 bits per heavy atom. The molecule has 0 aliphatic rings. The van der Waals surface area contributed by atoms with Crippen LogP contribution in [0.15, 0.2) is 53.9 Å². The van der Waals surface area contributed by atoms with Gasteiger partial charge in [0.15, 0.2) is 11.0 Å². The molecule has 3 rings (SSSR count). The highest BCUT2D eigenvalue weighted by molar-refractivity contribution is 7.99. The number of benzene rings is 1. The molecule has 0 saturated carbocycles. The number of aromatic nitrogens is 4. The summed E-state index contributed by atoms with van der Waals surface area (Å²) in [6.07, 6.45) is 3.46. The summed E-state index contributed by atoms with van der Waals surface area (Å²) in [5.41, 5.74) is 1.81. The number of nitrogens with zero attached hydrogens (tertiary/aromatic N) is 5. The second-order valence-electron chi connectivity index (χ2n) is 8.45. The number of pyridine rings is 1. The van der Waals surface area contributed by atoms with Crippen molar-refractivity contribution in [3.05, 3.63) is 48.8 Å². The highest BCUT2D eigenvalue weighted by Gasteiger charge is 2.20. The lowest BCUT2D eigenvalue weighted by molar-refractivity contribution is -0.129. The molecule has 1 aromatic carbocycles. The van der Waals surface area contributed by atoms with Crippen LogP contribution < -0.4 is 4.74 Å². The van der Waals surface area contributed by atoms with E-state index in [2.05, 4.69) is 42.9 Å². The van der Waals surface area contributed by atoms with Crippen LogP contribution in [0, 0.1) is 11.8 Å². The van der Waals surface area contributed by atoms with E-state index in [0.29, 0.717) is 28.6 Å². The molecule has 0 saturated heterocycles. The van der Waals surface area contributed by atoms with Gasteiger partial charge in [0, 0.05) is 36.7 Å². The van der Waals surface area contributed by atoms with E-state index in [4.69, 9.17) is 4.74 Å². The third-order valence-electron chi connectivity index (χ3n) is 4.75. The van der Waals surface area contributed by atoms with E-state index in [0.717, 1.165) is 30.1 Å². The molecule has 2 heterocycles. The molecule has 3 aromatic rings. The van der Waals surface area contributed by atoms with Crippen LogP contribution in [0.5, 0.6) is 5.75 Å². The summed E-state index contributed by atoms with van der Waals surface area (Å²) in [7, 11) is 1.64. The van der Waals surface area contributed by atoms with Crippen molar-refractivity contribution >= 4 is 17.7 Å². The first kappa shape index (κ1) is 23.8. The molecule has 7 nitrogen and oxygen atoms in total. The zero-order chi connectivity index (χ0) is 23.1. The Hall–Kier alpha value is -2.87. The molecule has 0 aliphatic carbocycles. The van der Waals surface area contributed by atoms with Crippen LogP contribution in [0.1, 0.15) is 27.7 Å². The van der Waals surface area contributed by atoms with Crippen molar-refractivity contribution in [1.82, 2.24) is 24.6 Å². The Labute approximate surface area is 194 Å². The topological polar surface area (TPSA) is 73.1 Å². The van der Waals surface area contributed by atoms with E-state index in [1.54, 1.807) is 19.5 Å². The predicted octanol–water partition coefficient (Wildman–Crippen LogP) is 4.57. The molecule has 0 unspecified atom stereocenters. The van der Waals surface area contributed by atoms with Gasteiger partial charge in [-0.2, -0.15) is 0 Å². The number of carbonyl (C=O) groups excluding carboxylic acids is 1. The zero-order valence-corrected chi connectivity index (χ0v) is 20.2. The SMILES string of the molecule is COc1ccc(-n2c(SCC(=O)N(CC(C)C)CC(C)C)nnc2-c2ccncc2)cc1. The lowest BCUT2D eigenvalue weighted by Crippen LogP contribution is -2.38. The lowest BCUT2D eigenvalue weighted by Gasteiger charge is -2.26. The van der Waals surface area contributed by atoms with Crippen LogP contribution >= 0.6 is 11.8 Å². The van der Waals surface area contributed by atoms with Gasteiger partial charge in [-0.1, -0.05) is 39.5 Å². The van der Waals surface area contributed by atoms with Crippen molar-refractivity contribution < 1.29 is 9.53 Å². The van der Waals surface area contributed by atoms with Gasteiger partial charge in [0.1, 0.15) is 5.75 Å². The number of hydrogen-bond acceptors (Lipinski definition) is 6. The summed E-state index contributed by atoms with van der Waals surface area (Å²) in [5.74, 6) is 2.74. The fraction of sp³-hybridized carbons (Fsp3) is 0.417. The van der Waals surface area contributed by atoms with E-state index < -0.39 is 0 Å². The molecular formula is C24H31N5O2S. The maximum Gasteiger partial charge on any atom is 0.233 e. The van der Waals surface area contributed by atoms with E-state index in [1.807, 2.05) is 45.9 Å². The van der Waals surface area contributed by atoms with Crippen LogP contribution in [0.4, 0.5) is 0 Å². The normalized spacial score (nSPS) is 11.2. The molecular weight excluding hydrogens is 422 g/mol. The summed E-state index contributed by atoms with van der Waals surface area (Å²) < 4.78 is 7.27. The molecule has 0 fully saturated rings. The molecule has 0 spiro atoms. The molecule has 0 N–H and O–H groups in total. The van der Waals surface area contributed by atoms with Gasteiger partial charge in [-0.3, -0.25) is 14.3 Å². The number of ether oxygens (including phenoxy) is 1. The summed E-state index contributed by atoms with van der Waals surface area (Å²) >= 11 is 1.41. The van der Waals surface area contributed by atoms with Crippen LogP contribution in [-0.2, 0) is 4.79 Å². The van der Waals surface area contributed by atoms with Gasteiger partial charge in [0.05, 0.1) is 12.9 Å². The second-order valence-corrected chi connectivity index (χ2v) is 9.39. The summed E-state index contributed by atoms with van der Waals surface area (Å²) in [6, 6.07) is 11.5. The number of hydrogen-bond donors (Lipinski definition) is 0. The molecule has 8 heteroatoms. The second kappa shape index (κ2) is 11.1. The molecule has 170 valence electrons. The molecule has 0 aliphatic heterocycles.